The molecule has 1 aliphatic rings. The minimum absolute atomic E-state index is 0.648. The van der Waals surface area contributed by atoms with Crippen molar-refractivity contribution in [2.24, 2.45) is 11.7 Å². The second-order valence-corrected chi connectivity index (χ2v) is 3.58. The molecule has 1 atom stereocenters. The zero-order chi connectivity index (χ0) is 9.52. The molecule has 1 saturated heterocycles. The molecule has 0 spiro atoms. The fraction of sp³-hybridized carbons (Fsp3) is 0.800. The molecule has 0 bridgehead atoms. The van der Waals surface area contributed by atoms with Gasteiger partial charge in [-0.15, -0.1) is 0 Å². The van der Waals surface area contributed by atoms with Crippen molar-refractivity contribution >= 4 is 0 Å². The highest BCUT2D eigenvalue weighted by molar-refractivity contribution is 4.88. The van der Waals surface area contributed by atoms with Gasteiger partial charge >= 0.3 is 0 Å². The normalized spacial score (nSPS) is 24.6. The molecular weight excluding hydrogens is 164 g/mol. The summed E-state index contributed by atoms with van der Waals surface area (Å²) in [5.41, 5.74) is 5.36. The van der Waals surface area contributed by atoms with Gasteiger partial charge in [-0.25, -0.2) is 0 Å². The Hall–Kier alpha value is -0.380. The van der Waals surface area contributed by atoms with E-state index in [0.717, 1.165) is 19.1 Å². The van der Waals surface area contributed by atoms with Crippen molar-refractivity contribution < 1.29 is 4.74 Å². The minimum atomic E-state index is 0.648. The lowest BCUT2D eigenvalue weighted by Crippen LogP contribution is -2.21. The Balaban J connectivity index is 2.13. The number of ether oxygens (including phenoxy) is 1. The summed E-state index contributed by atoms with van der Waals surface area (Å²) >= 11 is 0. The Morgan fingerprint density at radius 2 is 2.38 bits per heavy atom. The summed E-state index contributed by atoms with van der Waals surface area (Å²) < 4.78 is 5.14. The Kier molecular flexibility index (Phi) is 5.05. The van der Waals surface area contributed by atoms with Gasteiger partial charge in [0.25, 0.3) is 0 Å². The highest BCUT2D eigenvalue weighted by Gasteiger charge is 2.20. The molecule has 13 heavy (non-hydrogen) atoms. The molecule has 3 nitrogen and oxygen atoms in total. The quantitative estimate of drug-likeness (QED) is 0.631. The summed E-state index contributed by atoms with van der Waals surface area (Å²) in [5, 5.41) is 0. The van der Waals surface area contributed by atoms with Crippen molar-refractivity contribution in [3.05, 3.63) is 12.2 Å². The first kappa shape index (κ1) is 10.7. The number of hydrogen-bond acceptors (Lipinski definition) is 3. The summed E-state index contributed by atoms with van der Waals surface area (Å²) in [5.74, 6) is 0.733. The van der Waals surface area contributed by atoms with E-state index in [9.17, 15) is 0 Å². The van der Waals surface area contributed by atoms with Crippen molar-refractivity contribution in [2.75, 3.05) is 39.9 Å². The van der Waals surface area contributed by atoms with Gasteiger partial charge < -0.3 is 10.5 Å². The summed E-state index contributed by atoms with van der Waals surface area (Å²) in [7, 11) is 1.77. The van der Waals surface area contributed by atoms with Gasteiger partial charge in [0.2, 0.25) is 0 Å². The zero-order valence-electron chi connectivity index (χ0n) is 8.41. The molecule has 1 rings (SSSR count). The average molecular weight is 184 g/mol. The molecule has 3 heteroatoms. The first-order chi connectivity index (χ1) is 6.36. The van der Waals surface area contributed by atoms with Gasteiger partial charge in [0.1, 0.15) is 0 Å². The van der Waals surface area contributed by atoms with Crippen molar-refractivity contribution in [1.82, 2.24) is 4.90 Å². The molecule has 0 amide bonds. The number of likely N-dealkylation sites (tertiary alicyclic amines) is 1. The predicted molar refractivity (Wildman–Crippen MR) is 54.6 cm³/mol. The van der Waals surface area contributed by atoms with Crippen LogP contribution in [0.2, 0.25) is 0 Å². The molecule has 0 saturated carbocycles. The summed E-state index contributed by atoms with van der Waals surface area (Å²) in [6.07, 6.45) is 5.43. The van der Waals surface area contributed by atoms with Crippen molar-refractivity contribution in [1.29, 1.82) is 0 Å². The maximum atomic E-state index is 5.36. The van der Waals surface area contributed by atoms with E-state index in [1.54, 1.807) is 7.11 Å². The lowest BCUT2D eigenvalue weighted by Gasteiger charge is -2.12. The van der Waals surface area contributed by atoms with Crippen LogP contribution >= 0.6 is 0 Å². The van der Waals surface area contributed by atoms with Crippen LogP contribution < -0.4 is 5.73 Å². The highest BCUT2D eigenvalue weighted by atomic mass is 16.5. The van der Waals surface area contributed by atoms with Crippen LogP contribution in [-0.2, 0) is 4.74 Å². The van der Waals surface area contributed by atoms with E-state index in [1.165, 1.54) is 19.5 Å². The SMILES string of the molecule is COCC1CCN(CC=CCN)C1. The molecule has 2 N–H and O–H groups in total. The van der Waals surface area contributed by atoms with E-state index < -0.39 is 0 Å². The van der Waals surface area contributed by atoms with Crippen molar-refractivity contribution in [3.63, 3.8) is 0 Å². The Morgan fingerprint density at radius 1 is 1.54 bits per heavy atom. The van der Waals surface area contributed by atoms with Gasteiger partial charge in [0.15, 0.2) is 0 Å². The van der Waals surface area contributed by atoms with Crippen LogP contribution in [0.1, 0.15) is 6.42 Å². The molecule has 0 aromatic carbocycles. The van der Waals surface area contributed by atoms with E-state index >= 15 is 0 Å². The monoisotopic (exact) mass is 184 g/mol. The van der Waals surface area contributed by atoms with Crippen LogP contribution in [0.15, 0.2) is 12.2 Å². The zero-order valence-corrected chi connectivity index (χ0v) is 8.41. The van der Waals surface area contributed by atoms with Gasteiger partial charge in [0, 0.05) is 26.7 Å². The second-order valence-electron chi connectivity index (χ2n) is 3.58. The molecule has 76 valence electrons. The Morgan fingerprint density at radius 3 is 3.08 bits per heavy atom. The molecule has 0 aliphatic carbocycles. The Labute approximate surface area is 80.5 Å². The molecule has 0 aromatic heterocycles. The van der Waals surface area contributed by atoms with E-state index in [1.807, 2.05) is 6.08 Å². The van der Waals surface area contributed by atoms with Crippen LogP contribution in [0, 0.1) is 5.92 Å². The minimum Gasteiger partial charge on any atom is -0.384 e. The summed E-state index contributed by atoms with van der Waals surface area (Å²) in [4.78, 5) is 2.44. The van der Waals surface area contributed by atoms with E-state index in [-0.39, 0.29) is 0 Å². The number of rotatable bonds is 5. The molecule has 0 radical (unpaired) electrons. The first-order valence-corrected chi connectivity index (χ1v) is 4.93. The topological polar surface area (TPSA) is 38.5 Å². The average Bonchev–Trinajstić information content (AvgIpc) is 2.54. The summed E-state index contributed by atoms with van der Waals surface area (Å²) in [6, 6.07) is 0. The van der Waals surface area contributed by atoms with Crippen molar-refractivity contribution in [2.45, 2.75) is 6.42 Å². The highest BCUT2D eigenvalue weighted by Crippen LogP contribution is 2.15. The molecule has 0 aromatic rings. The number of hydrogen-bond donors (Lipinski definition) is 1. The van der Waals surface area contributed by atoms with Gasteiger partial charge in [-0.2, -0.15) is 0 Å². The number of nitrogens with zero attached hydrogens (tertiary/aromatic N) is 1. The van der Waals surface area contributed by atoms with Gasteiger partial charge in [-0.3, -0.25) is 4.90 Å². The van der Waals surface area contributed by atoms with Gasteiger partial charge in [-0.05, 0) is 18.9 Å². The van der Waals surface area contributed by atoms with E-state index in [2.05, 4.69) is 11.0 Å². The largest absolute Gasteiger partial charge is 0.384 e. The van der Waals surface area contributed by atoms with Crippen molar-refractivity contribution in [3.8, 4) is 0 Å². The third-order valence-electron chi connectivity index (χ3n) is 2.44. The first-order valence-electron chi connectivity index (χ1n) is 4.93. The smallest absolute Gasteiger partial charge is 0.0503 e. The number of nitrogens with two attached hydrogens (primary N) is 1. The fourth-order valence-corrected chi connectivity index (χ4v) is 1.77. The second kappa shape index (κ2) is 6.13. The molecule has 1 fully saturated rings. The molecular formula is C10H20N2O. The molecule has 1 unspecified atom stereocenters. The predicted octanol–water partition coefficient (Wildman–Crippen LogP) is 0.470. The van der Waals surface area contributed by atoms with Crippen LogP contribution in [-0.4, -0.2) is 44.8 Å². The fourth-order valence-electron chi connectivity index (χ4n) is 1.77. The van der Waals surface area contributed by atoms with Crippen LogP contribution in [0.3, 0.4) is 0 Å². The van der Waals surface area contributed by atoms with Crippen LogP contribution in [0.25, 0.3) is 0 Å². The lowest BCUT2D eigenvalue weighted by molar-refractivity contribution is 0.154. The third-order valence-corrected chi connectivity index (χ3v) is 2.44. The summed E-state index contributed by atoms with van der Waals surface area (Å²) in [6.45, 7) is 4.95. The lowest BCUT2D eigenvalue weighted by atomic mass is 10.1. The number of methoxy groups -OCH3 is 1. The standard InChI is InChI=1S/C10H20N2O/c1-13-9-10-4-7-12(8-10)6-3-2-5-11/h2-3,10H,4-9,11H2,1H3. The van der Waals surface area contributed by atoms with Crippen LogP contribution in [0.4, 0.5) is 0 Å². The van der Waals surface area contributed by atoms with Crippen LogP contribution in [0.5, 0.6) is 0 Å². The third kappa shape index (κ3) is 3.89. The maximum absolute atomic E-state index is 5.36. The maximum Gasteiger partial charge on any atom is 0.0503 e. The molecule has 1 heterocycles. The van der Waals surface area contributed by atoms with E-state index in [4.69, 9.17) is 10.5 Å². The Bertz CT molecular complexity index is 159. The molecule has 1 aliphatic heterocycles. The van der Waals surface area contributed by atoms with E-state index in [0.29, 0.717) is 6.54 Å². The van der Waals surface area contributed by atoms with Gasteiger partial charge in [-0.1, -0.05) is 12.2 Å². The van der Waals surface area contributed by atoms with Gasteiger partial charge in [0.05, 0.1) is 6.61 Å².